The summed E-state index contributed by atoms with van der Waals surface area (Å²) >= 11 is 0. The lowest BCUT2D eigenvalue weighted by Crippen LogP contribution is -2.37. The molecule has 20 heavy (non-hydrogen) atoms. The number of nitrogens with zero attached hydrogens (tertiary/aromatic N) is 2. The summed E-state index contributed by atoms with van der Waals surface area (Å²) in [5, 5.41) is 0. The molecule has 0 aliphatic carbocycles. The van der Waals surface area contributed by atoms with Crippen LogP contribution in [0.1, 0.15) is 25.8 Å². The normalized spacial score (nSPS) is 19.2. The minimum absolute atomic E-state index is 0.404. The predicted octanol–water partition coefficient (Wildman–Crippen LogP) is 2.10. The van der Waals surface area contributed by atoms with Crippen molar-refractivity contribution in [3.63, 3.8) is 0 Å². The fraction of sp³-hybridized carbons (Fsp3) is 0.600. The second kappa shape index (κ2) is 6.24. The lowest BCUT2D eigenvalue weighted by Gasteiger charge is -2.24. The number of rotatable bonds is 3. The van der Waals surface area contributed by atoms with Gasteiger partial charge in [0.1, 0.15) is 0 Å². The maximum atomic E-state index is 12.6. The SMILES string of the molecule is Cc1ccc(S(=O)(=O)N2CCCN(C(C)C)CC2)cc1. The summed E-state index contributed by atoms with van der Waals surface area (Å²) < 4.78 is 26.9. The van der Waals surface area contributed by atoms with Crippen molar-refractivity contribution < 1.29 is 8.42 Å². The van der Waals surface area contributed by atoms with Gasteiger partial charge in [-0.2, -0.15) is 4.31 Å². The van der Waals surface area contributed by atoms with Crippen molar-refractivity contribution in [3.8, 4) is 0 Å². The van der Waals surface area contributed by atoms with Gasteiger partial charge in [-0.25, -0.2) is 8.42 Å². The summed E-state index contributed by atoms with van der Waals surface area (Å²) in [7, 11) is -3.34. The zero-order valence-electron chi connectivity index (χ0n) is 12.5. The standard InChI is InChI=1S/C15H24N2O2S/c1-13(2)16-9-4-10-17(12-11-16)20(18,19)15-7-5-14(3)6-8-15/h5-8,13H,4,9-12H2,1-3H3. The molecule has 1 saturated heterocycles. The maximum absolute atomic E-state index is 12.6. The number of hydrogen-bond acceptors (Lipinski definition) is 3. The number of sulfonamides is 1. The average molecular weight is 296 g/mol. The molecule has 0 atom stereocenters. The Balaban J connectivity index is 2.16. The molecule has 0 bridgehead atoms. The summed E-state index contributed by atoms with van der Waals surface area (Å²) in [6.07, 6.45) is 0.892. The van der Waals surface area contributed by atoms with Crippen molar-refractivity contribution in [1.29, 1.82) is 0 Å². The van der Waals surface area contributed by atoms with E-state index in [9.17, 15) is 8.42 Å². The maximum Gasteiger partial charge on any atom is 0.243 e. The Kier molecular flexibility index (Phi) is 4.83. The van der Waals surface area contributed by atoms with Crippen molar-refractivity contribution in [1.82, 2.24) is 9.21 Å². The molecule has 1 aliphatic rings. The van der Waals surface area contributed by atoms with Gasteiger partial charge in [-0.15, -0.1) is 0 Å². The van der Waals surface area contributed by atoms with E-state index in [1.165, 1.54) is 0 Å². The van der Waals surface area contributed by atoms with Crippen LogP contribution in [0.3, 0.4) is 0 Å². The molecule has 0 N–H and O–H groups in total. The quantitative estimate of drug-likeness (QED) is 0.857. The Morgan fingerprint density at radius 2 is 1.65 bits per heavy atom. The van der Waals surface area contributed by atoms with Crippen LogP contribution in [0.25, 0.3) is 0 Å². The summed E-state index contributed by atoms with van der Waals surface area (Å²) in [5.41, 5.74) is 1.07. The summed E-state index contributed by atoms with van der Waals surface area (Å²) in [4.78, 5) is 2.74. The molecule has 0 amide bonds. The van der Waals surface area contributed by atoms with Crippen molar-refractivity contribution in [2.75, 3.05) is 26.2 Å². The van der Waals surface area contributed by atoms with Crippen LogP contribution in [0.15, 0.2) is 29.2 Å². The molecule has 0 spiro atoms. The van der Waals surface area contributed by atoms with Crippen LogP contribution < -0.4 is 0 Å². The van der Waals surface area contributed by atoms with E-state index in [2.05, 4.69) is 18.7 Å². The van der Waals surface area contributed by atoms with Gasteiger partial charge in [-0.3, -0.25) is 4.90 Å². The fourth-order valence-corrected chi connectivity index (χ4v) is 4.00. The second-order valence-electron chi connectivity index (χ2n) is 5.70. The van der Waals surface area contributed by atoms with E-state index < -0.39 is 10.0 Å². The van der Waals surface area contributed by atoms with Crippen LogP contribution in [-0.4, -0.2) is 49.8 Å². The molecule has 1 aromatic rings. The van der Waals surface area contributed by atoms with Crippen LogP contribution in [0.4, 0.5) is 0 Å². The van der Waals surface area contributed by atoms with Gasteiger partial charge in [0.25, 0.3) is 0 Å². The first-order valence-electron chi connectivity index (χ1n) is 7.22. The Morgan fingerprint density at radius 3 is 2.25 bits per heavy atom. The topological polar surface area (TPSA) is 40.6 Å². The molecule has 1 heterocycles. The predicted molar refractivity (Wildman–Crippen MR) is 81.3 cm³/mol. The van der Waals surface area contributed by atoms with Gasteiger partial charge in [0.15, 0.2) is 0 Å². The van der Waals surface area contributed by atoms with Gasteiger partial charge >= 0.3 is 0 Å². The minimum Gasteiger partial charge on any atom is -0.300 e. The van der Waals surface area contributed by atoms with E-state index in [-0.39, 0.29) is 0 Å². The van der Waals surface area contributed by atoms with E-state index >= 15 is 0 Å². The first kappa shape index (κ1) is 15.5. The van der Waals surface area contributed by atoms with E-state index in [4.69, 9.17) is 0 Å². The van der Waals surface area contributed by atoms with Crippen LogP contribution in [-0.2, 0) is 10.0 Å². The Bertz CT molecular complexity index is 537. The van der Waals surface area contributed by atoms with E-state index in [0.717, 1.165) is 25.1 Å². The van der Waals surface area contributed by atoms with Gasteiger partial charge in [-0.1, -0.05) is 17.7 Å². The molecule has 112 valence electrons. The molecule has 1 aromatic carbocycles. The van der Waals surface area contributed by atoms with E-state index in [1.807, 2.05) is 19.1 Å². The lowest BCUT2D eigenvalue weighted by molar-refractivity contribution is 0.233. The molecule has 0 radical (unpaired) electrons. The molecular formula is C15H24N2O2S. The third kappa shape index (κ3) is 3.40. The molecule has 0 unspecified atom stereocenters. The molecule has 5 heteroatoms. The molecule has 4 nitrogen and oxygen atoms in total. The third-order valence-electron chi connectivity index (χ3n) is 3.88. The number of hydrogen-bond donors (Lipinski definition) is 0. The number of aryl methyl sites for hydroxylation is 1. The summed E-state index contributed by atoms with van der Waals surface area (Å²) in [6, 6.07) is 7.58. The van der Waals surface area contributed by atoms with Crippen LogP contribution in [0.5, 0.6) is 0 Å². The van der Waals surface area contributed by atoms with Gasteiger partial charge in [0.2, 0.25) is 10.0 Å². The highest BCUT2D eigenvalue weighted by atomic mass is 32.2. The van der Waals surface area contributed by atoms with Crippen LogP contribution in [0.2, 0.25) is 0 Å². The Hall–Kier alpha value is -0.910. The van der Waals surface area contributed by atoms with Crippen molar-refractivity contribution in [2.45, 2.75) is 38.1 Å². The van der Waals surface area contributed by atoms with Gasteiger partial charge < -0.3 is 0 Å². The van der Waals surface area contributed by atoms with Crippen LogP contribution in [0, 0.1) is 6.92 Å². The Morgan fingerprint density at radius 1 is 1.00 bits per heavy atom. The smallest absolute Gasteiger partial charge is 0.243 e. The minimum atomic E-state index is -3.34. The largest absolute Gasteiger partial charge is 0.300 e. The Labute approximate surface area is 122 Å². The summed E-state index contributed by atoms with van der Waals surface area (Å²) in [5.74, 6) is 0. The molecule has 0 saturated carbocycles. The molecule has 1 aliphatic heterocycles. The first-order valence-corrected chi connectivity index (χ1v) is 8.66. The molecular weight excluding hydrogens is 272 g/mol. The molecule has 2 rings (SSSR count). The molecule has 0 aromatic heterocycles. The lowest BCUT2D eigenvalue weighted by atomic mass is 10.2. The second-order valence-corrected chi connectivity index (χ2v) is 7.64. The van der Waals surface area contributed by atoms with Crippen molar-refractivity contribution >= 4 is 10.0 Å². The number of benzene rings is 1. The van der Waals surface area contributed by atoms with Crippen molar-refractivity contribution in [3.05, 3.63) is 29.8 Å². The highest BCUT2D eigenvalue weighted by Crippen LogP contribution is 2.18. The third-order valence-corrected chi connectivity index (χ3v) is 5.79. The van der Waals surface area contributed by atoms with E-state index in [0.29, 0.717) is 24.0 Å². The zero-order valence-corrected chi connectivity index (χ0v) is 13.4. The fourth-order valence-electron chi connectivity index (χ4n) is 2.53. The first-order chi connectivity index (χ1) is 9.41. The van der Waals surface area contributed by atoms with Gasteiger partial charge in [0, 0.05) is 25.7 Å². The zero-order chi connectivity index (χ0) is 14.8. The van der Waals surface area contributed by atoms with E-state index in [1.54, 1.807) is 16.4 Å². The molecule has 1 fully saturated rings. The highest BCUT2D eigenvalue weighted by Gasteiger charge is 2.27. The monoisotopic (exact) mass is 296 g/mol. The van der Waals surface area contributed by atoms with Gasteiger partial charge in [0.05, 0.1) is 4.90 Å². The highest BCUT2D eigenvalue weighted by molar-refractivity contribution is 7.89. The van der Waals surface area contributed by atoms with Gasteiger partial charge in [-0.05, 0) is 45.9 Å². The average Bonchev–Trinajstić information content (AvgIpc) is 2.65. The van der Waals surface area contributed by atoms with Crippen molar-refractivity contribution in [2.24, 2.45) is 0 Å². The van der Waals surface area contributed by atoms with Crippen LogP contribution >= 0.6 is 0 Å². The summed E-state index contributed by atoms with van der Waals surface area (Å²) in [6.45, 7) is 9.24.